The van der Waals surface area contributed by atoms with Crippen molar-refractivity contribution < 1.29 is 13.9 Å². The summed E-state index contributed by atoms with van der Waals surface area (Å²) in [5.41, 5.74) is 7.93. The second-order valence-electron chi connectivity index (χ2n) is 8.25. The first kappa shape index (κ1) is 21.5. The number of nitrogens with two attached hydrogens (primary N) is 1. The molecule has 9 nitrogen and oxygen atoms in total. The molecule has 2 aliphatic heterocycles. The van der Waals surface area contributed by atoms with Gasteiger partial charge < -0.3 is 25.4 Å². The van der Waals surface area contributed by atoms with Gasteiger partial charge in [0.25, 0.3) is 0 Å². The first-order chi connectivity index (χ1) is 16.0. The number of aromatic nitrogens is 4. The highest BCUT2D eigenvalue weighted by molar-refractivity contribution is 5.68. The zero-order chi connectivity index (χ0) is 22.8. The molecule has 3 aromatic rings. The molecule has 4 heterocycles. The van der Waals surface area contributed by atoms with Crippen LogP contribution in [0.3, 0.4) is 0 Å². The van der Waals surface area contributed by atoms with Crippen LogP contribution < -0.4 is 16.0 Å². The van der Waals surface area contributed by atoms with E-state index < -0.39 is 5.79 Å². The van der Waals surface area contributed by atoms with Crippen LogP contribution in [0.2, 0.25) is 0 Å². The Balaban J connectivity index is 1.54. The molecule has 0 aliphatic carbocycles. The SMILES string of the molecule is C[C@@H](c1ccc(F)cc1)c1c(Nc2cnccn2)nc(N)nc1N1CCC2(CC1)OCCO2. The summed E-state index contributed by atoms with van der Waals surface area (Å²) in [4.78, 5) is 19.7. The van der Waals surface area contributed by atoms with Crippen LogP contribution in [-0.2, 0) is 9.47 Å². The fourth-order valence-corrected chi connectivity index (χ4v) is 4.46. The fraction of sp³-hybridized carbons (Fsp3) is 0.391. The van der Waals surface area contributed by atoms with Crippen molar-refractivity contribution in [2.24, 2.45) is 0 Å². The quantitative estimate of drug-likeness (QED) is 0.604. The van der Waals surface area contributed by atoms with Gasteiger partial charge in [0, 0.05) is 49.8 Å². The van der Waals surface area contributed by atoms with Crippen LogP contribution in [0.1, 0.15) is 36.8 Å². The van der Waals surface area contributed by atoms with Crippen molar-refractivity contribution in [1.82, 2.24) is 19.9 Å². The number of rotatable bonds is 5. The molecule has 1 aromatic carbocycles. The minimum atomic E-state index is -0.501. The van der Waals surface area contributed by atoms with Gasteiger partial charge in [-0.25, -0.2) is 9.37 Å². The minimum absolute atomic E-state index is 0.143. The lowest BCUT2D eigenvalue weighted by molar-refractivity contribution is -0.169. The van der Waals surface area contributed by atoms with Gasteiger partial charge in [-0.1, -0.05) is 19.1 Å². The molecule has 1 atom stereocenters. The Bertz CT molecular complexity index is 1100. The number of nitrogens with zero attached hydrogens (tertiary/aromatic N) is 5. The molecule has 0 radical (unpaired) electrons. The second-order valence-corrected chi connectivity index (χ2v) is 8.25. The molecule has 33 heavy (non-hydrogen) atoms. The van der Waals surface area contributed by atoms with E-state index in [0.717, 1.165) is 29.8 Å². The highest BCUT2D eigenvalue weighted by atomic mass is 19.1. The predicted molar refractivity (Wildman–Crippen MR) is 122 cm³/mol. The summed E-state index contributed by atoms with van der Waals surface area (Å²) in [5.74, 6) is 1.05. The lowest BCUT2D eigenvalue weighted by atomic mass is 9.92. The maximum Gasteiger partial charge on any atom is 0.223 e. The van der Waals surface area contributed by atoms with E-state index >= 15 is 0 Å². The zero-order valence-corrected chi connectivity index (χ0v) is 18.4. The summed E-state index contributed by atoms with van der Waals surface area (Å²) >= 11 is 0. The van der Waals surface area contributed by atoms with E-state index in [2.05, 4.69) is 30.2 Å². The molecule has 0 amide bonds. The number of ether oxygens (including phenoxy) is 2. The van der Waals surface area contributed by atoms with Crippen LogP contribution in [0.15, 0.2) is 42.9 Å². The molecule has 1 spiro atoms. The van der Waals surface area contributed by atoms with Gasteiger partial charge in [0.1, 0.15) is 23.3 Å². The number of hydrogen-bond acceptors (Lipinski definition) is 9. The summed E-state index contributed by atoms with van der Waals surface area (Å²) in [5, 5.41) is 3.25. The molecule has 0 unspecified atom stereocenters. The molecule has 2 aromatic heterocycles. The topological polar surface area (TPSA) is 111 Å². The van der Waals surface area contributed by atoms with Crippen molar-refractivity contribution in [3.63, 3.8) is 0 Å². The summed E-state index contributed by atoms with van der Waals surface area (Å²) in [6.07, 6.45) is 6.28. The Hall–Kier alpha value is -3.37. The van der Waals surface area contributed by atoms with Crippen molar-refractivity contribution >= 4 is 23.4 Å². The summed E-state index contributed by atoms with van der Waals surface area (Å²) in [7, 11) is 0. The first-order valence-electron chi connectivity index (χ1n) is 11.0. The molecule has 5 rings (SSSR count). The number of benzene rings is 1. The number of nitrogen functional groups attached to an aromatic ring is 1. The molecule has 3 N–H and O–H groups in total. The fourth-order valence-electron chi connectivity index (χ4n) is 4.46. The van der Waals surface area contributed by atoms with Crippen LogP contribution in [0.25, 0.3) is 0 Å². The van der Waals surface area contributed by atoms with Crippen molar-refractivity contribution in [2.75, 3.05) is 42.3 Å². The molecule has 2 aliphatic rings. The van der Waals surface area contributed by atoms with Gasteiger partial charge >= 0.3 is 0 Å². The maximum absolute atomic E-state index is 13.6. The van der Waals surface area contributed by atoms with Crippen LogP contribution in [0.5, 0.6) is 0 Å². The number of anilines is 4. The monoisotopic (exact) mass is 451 g/mol. The molecule has 0 saturated carbocycles. The Morgan fingerprint density at radius 1 is 1.09 bits per heavy atom. The Kier molecular flexibility index (Phi) is 5.77. The Morgan fingerprint density at radius 2 is 1.82 bits per heavy atom. The molecule has 172 valence electrons. The lowest BCUT2D eigenvalue weighted by Gasteiger charge is -2.39. The van der Waals surface area contributed by atoms with E-state index in [1.807, 2.05) is 6.92 Å². The van der Waals surface area contributed by atoms with Crippen LogP contribution in [-0.4, -0.2) is 52.0 Å². The first-order valence-corrected chi connectivity index (χ1v) is 11.0. The van der Waals surface area contributed by atoms with E-state index in [1.54, 1.807) is 30.7 Å². The summed E-state index contributed by atoms with van der Waals surface area (Å²) < 4.78 is 25.3. The van der Waals surface area contributed by atoms with E-state index in [0.29, 0.717) is 37.9 Å². The highest BCUT2D eigenvalue weighted by Crippen LogP contribution is 2.40. The van der Waals surface area contributed by atoms with E-state index in [4.69, 9.17) is 15.2 Å². The van der Waals surface area contributed by atoms with Crippen LogP contribution in [0.4, 0.5) is 27.8 Å². The Labute approximate surface area is 191 Å². The van der Waals surface area contributed by atoms with Crippen LogP contribution in [0, 0.1) is 5.82 Å². The van der Waals surface area contributed by atoms with Gasteiger partial charge in [0.05, 0.1) is 19.4 Å². The van der Waals surface area contributed by atoms with Crippen LogP contribution >= 0.6 is 0 Å². The van der Waals surface area contributed by atoms with Crippen molar-refractivity contribution in [3.05, 3.63) is 59.8 Å². The average Bonchev–Trinajstić information content (AvgIpc) is 3.28. The third-order valence-corrected chi connectivity index (χ3v) is 6.19. The third kappa shape index (κ3) is 4.44. The Morgan fingerprint density at radius 3 is 2.48 bits per heavy atom. The van der Waals surface area contributed by atoms with E-state index in [9.17, 15) is 4.39 Å². The van der Waals surface area contributed by atoms with Crippen molar-refractivity contribution in [3.8, 4) is 0 Å². The highest BCUT2D eigenvalue weighted by Gasteiger charge is 2.41. The van der Waals surface area contributed by atoms with E-state index in [-0.39, 0.29) is 17.7 Å². The molecule has 0 bridgehead atoms. The second kappa shape index (κ2) is 8.87. The minimum Gasteiger partial charge on any atom is -0.368 e. The van der Waals surface area contributed by atoms with Gasteiger partial charge in [-0.2, -0.15) is 9.97 Å². The third-order valence-electron chi connectivity index (χ3n) is 6.19. The number of halogens is 1. The smallest absolute Gasteiger partial charge is 0.223 e. The normalized spacial score (nSPS) is 18.4. The molecule has 2 fully saturated rings. The molecular formula is C23H26FN7O2. The number of hydrogen-bond donors (Lipinski definition) is 2. The van der Waals surface area contributed by atoms with E-state index in [1.165, 1.54) is 12.1 Å². The largest absolute Gasteiger partial charge is 0.368 e. The van der Waals surface area contributed by atoms with Crippen molar-refractivity contribution in [1.29, 1.82) is 0 Å². The molecule has 10 heteroatoms. The van der Waals surface area contributed by atoms with Gasteiger partial charge in [-0.05, 0) is 17.7 Å². The van der Waals surface area contributed by atoms with Crippen molar-refractivity contribution in [2.45, 2.75) is 31.5 Å². The summed E-state index contributed by atoms with van der Waals surface area (Å²) in [6, 6.07) is 6.47. The van der Waals surface area contributed by atoms with Gasteiger partial charge in [0.15, 0.2) is 5.79 Å². The predicted octanol–water partition coefficient (Wildman–Crippen LogP) is 3.23. The average molecular weight is 452 g/mol. The van der Waals surface area contributed by atoms with Gasteiger partial charge in [-0.3, -0.25) is 4.98 Å². The standard InChI is InChI=1S/C23H26FN7O2/c1-15(16-2-4-17(24)5-3-16)19-20(28-18-14-26-8-9-27-18)29-22(25)30-21(19)31-10-6-23(7-11-31)32-12-13-33-23/h2-5,8-9,14-15H,6-7,10-13H2,1H3,(H3,25,27,28,29,30)/t15-/m0/s1. The lowest BCUT2D eigenvalue weighted by Crippen LogP contribution is -2.46. The molecular weight excluding hydrogens is 425 g/mol. The summed E-state index contributed by atoms with van der Waals surface area (Å²) in [6.45, 7) is 4.69. The van der Waals surface area contributed by atoms with Gasteiger partial charge in [-0.15, -0.1) is 0 Å². The number of nitrogens with one attached hydrogen (secondary N) is 1. The zero-order valence-electron chi connectivity index (χ0n) is 18.4. The maximum atomic E-state index is 13.6. The van der Waals surface area contributed by atoms with Gasteiger partial charge in [0.2, 0.25) is 5.95 Å². The molecule has 2 saturated heterocycles. The number of piperidine rings is 1.